The molecule has 24 heavy (non-hydrogen) atoms. The first-order chi connectivity index (χ1) is 11.6. The largest absolute Gasteiger partial charge is 0.467 e. The number of ether oxygens (including phenoxy) is 2. The van der Waals surface area contributed by atoms with Gasteiger partial charge in [-0.1, -0.05) is 6.42 Å². The van der Waals surface area contributed by atoms with Crippen LogP contribution < -0.4 is 0 Å². The van der Waals surface area contributed by atoms with Crippen molar-refractivity contribution >= 4 is 5.90 Å². The number of hydrogen-bond acceptors (Lipinski definition) is 7. The van der Waals surface area contributed by atoms with Crippen LogP contribution in [0, 0.1) is 56.2 Å². The highest BCUT2D eigenvalue weighted by molar-refractivity contribution is 5.88. The minimum absolute atomic E-state index is 0.322. The highest BCUT2D eigenvalue weighted by Crippen LogP contribution is 2.69. The molecule has 4 aliphatic rings. The third-order valence-electron chi connectivity index (χ3n) is 5.62. The van der Waals surface area contributed by atoms with Gasteiger partial charge in [0.05, 0.1) is 30.4 Å². The first kappa shape index (κ1) is 14.8. The van der Waals surface area contributed by atoms with Crippen LogP contribution in [0.2, 0.25) is 0 Å². The first-order valence-electron chi connectivity index (χ1n) is 7.83. The molecule has 4 atom stereocenters. The molecule has 1 N–H and O–H groups in total. The highest BCUT2D eigenvalue weighted by atomic mass is 16.7. The fourth-order valence-corrected chi connectivity index (χ4v) is 4.54. The summed E-state index contributed by atoms with van der Waals surface area (Å²) in [6.07, 6.45) is 3.07. The number of furan rings is 1. The number of fused-ring (bicyclic) bond motifs is 2. The second kappa shape index (κ2) is 4.60. The molecule has 4 fully saturated rings. The fourth-order valence-electron chi connectivity index (χ4n) is 4.54. The zero-order valence-corrected chi connectivity index (χ0v) is 12.8. The first-order valence-corrected chi connectivity index (χ1v) is 7.83. The maximum absolute atomic E-state index is 10.00. The van der Waals surface area contributed by atoms with E-state index in [1.807, 2.05) is 6.07 Å². The lowest BCUT2D eigenvalue weighted by atomic mass is 9.48. The third kappa shape index (κ3) is 1.36. The molecule has 1 aliphatic carbocycles. The van der Waals surface area contributed by atoms with Crippen LogP contribution in [-0.4, -0.2) is 11.7 Å². The summed E-state index contributed by atoms with van der Waals surface area (Å²) in [5, 5.41) is 38.3. The Balaban J connectivity index is 2.03. The van der Waals surface area contributed by atoms with Gasteiger partial charge in [0.1, 0.15) is 11.9 Å². The standard InChI is InChI=1S/C17H14N4O3/c18-8-15(9-19)12-5-1-2-6-17(12)23-13(11-4-3-7-22-11)16(15,10-20)14(21)24-17/h3-4,7,12-13,21H,1-2,5-6H2/t12-,13+,16+,17+/m0/s1. The van der Waals surface area contributed by atoms with Crippen LogP contribution in [0.5, 0.6) is 0 Å². The Bertz CT molecular complexity index is 813. The van der Waals surface area contributed by atoms with E-state index in [2.05, 4.69) is 12.1 Å². The van der Waals surface area contributed by atoms with Crippen LogP contribution in [0.4, 0.5) is 0 Å². The predicted octanol–water partition coefficient (Wildman–Crippen LogP) is 2.79. The second-order valence-corrected chi connectivity index (χ2v) is 6.51. The average molecular weight is 322 g/mol. The van der Waals surface area contributed by atoms with Crippen molar-refractivity contribution < 1.29 is 13.9 Å². The van der Waals surface area contributed by atoms with Crippen LogP contribution >= 0.6 is 0 Å². The summed E-state index contributed by atoms with van der Waals surface area (Å²) in [6.45, 7) is 0. The summed E-state index contributed by atoms with van der Waals surface area (Å²) >= 11 is 0. The van der Waals surface area contributed by atoms with Gasteiger partial charge in [-0.25, -0.2) is 0 Å². The summed E-state index contributed by atoms with van der Waals surface area (Å²) in [4.78, 5) is 0. The highest BCUT2D eigenvalue weighted by Gasteiger charge is 2.80. The number of nitrogens with zero attached hydrogens (tertiary/aromatic N) is 3. The topological polar surface area (TPSA) is 127 Å². The van der Waals surface area contributed by atoms with E-state index in [-0.39, 0.29) is 5.90 Å². The van der Waals surface area contributed by atoms with Crippen molar-refractivity contribution in [2.45, 2.75) is 37.6 Å². The normalized spacial score (nSPS) is 39.0. The van der Waals surface area contributed by atoms with Crippen LogP contribution in [0.3, 0.4) is 0 Å². The van der Waals surface area contributed by atoms with Crippen LogP contribution in [0.25, 0.3) is 0 Å². The quantitative estimate of drug-likeness (QED) is 0.846. The lowest BCUT2D eigenvalue weighted by Gasteiger charge is -2.63. The van der Waals surface area contributed by atoms with Crippen molar-refractivity contribution in [3.63, 3.8) is 0 Å². The lowest BCUT2D eigenvalue weighted by Crippen LogP contribution is -2.73. The Labute approximate surface area is 138 Å². The summed E-state index contributed by atoms with van der Waals surface area (Å²) in [5.41, 5.74) is -3.56. The van der Waals surface area contributed by atoms with E-state index in [1.165, 1.54) is 6.26 Å². The molecule has 7 heteroatoms. The maximum atomic E-state index is 10.00. The smallest absolute Gasteiger partial charge is 0.218 e. The van der Waals surface area contributed by atoms with Gasteiger partial charge in [0.25, 0.3) is 0 Å². The number of rotatable bonds is 1. The number of nitriles is 3. The molecule has 3 saturated heterocycles. The average Bonchev–Trinajstić information content (AvgIpc) is 3.14. The molecule has 0 radical (unpaired) electrons. The molecular weight excluding hydrogens is 308 g/mol. The maximum Gasteiger partial charge on any atom is 0.218 e. The third-order valence-corrected chi connectivity index (χ3v) is 5.62. The molecule has 5 rings (SSSR count). The summed E-state index contributed by atoms with van der Waals surface area (Å²) in [7, 11) is 0. The zero-order chi connectivity index (χ0) is 17.0. The summed E-state index contributed by atoms with van der Waals surface area (Å²) in [6, 6.07) is 9.47. The van der Waals surface area contributed by atoms with Crippen LogP contribution in [-0.2, 0) is 9.47 Å². The van der Waals surface area contributed by atoms with E-state index >= 15 is 0 Å². The van der Waals surface area contributed by atoms with Gasteiger partial charge in [0.15, 0.2) is 10.8 Å². The molecule has 4 heterocycles. The second-order valence-electron chi connectivity index (χ2n) is 6.51. The van der Waals surface area contributed by atoms with Gasteiger partial charge < -0.3 is 13.9 Å². The Morgan fingerprint density at radius 2 is 1.96 bits per heavy atom. The minimum Gasteiger partial charge on any atom is -0.467 e. The molecule has 1 aromatic heterocycles. The number of hydrogen-bond donors (Lipinski definition) is 1. The van der Waals surface area contributed by atoms with E-state index in [9.17, 15) is 15.8 Å². The van der Waals surface area contributed by atoms with Crippen molar-refractivity contribution in [1.29, 1.82) is 21.2 Å². The Morgan fingerprint density at radius 3 is 2.58 bits per heavy atom. The molecule has 1 aromatic rings. The van der Waals surface area contributed by atoms with E-state index in [0.717, 1.165) is 12.8 Å². The zero-order valence-electron chi connectivity index (χ0n) is 12.8. The van der Waals surface area contributed by atoms with Gasteiger partial charge >= 0.3 is 0 Å². The van der Waals surface area contributed by atoms with E-state index in [1.54, 1.807) is 12.1 Å². The molecule has 1 saturated carbocycles. The molecule has 7 nitrogen and oxygen atoms in total. The molecule has 3 aliphatic heterocycles. The van der Waals surface area contributed by atoms with Crippen molar-refractivity contribution in [1.82, 2.24) is 0 Å². The summed E-state index contributed by atoms with van der Waals surface area (Å²) < 4.78 is 17.3. The molecule has 2 bridgehead atoms. The molecule has 1 spiro atoms. The van der Waals surface area contributed by atoms with Crippen LogP contribution in [0.15, 0.2) is 22.8 Å². The van der Waals surface area contributed by atoms with Gasteiger partial charge in [-0.2, -0.15) is 15.8 Å². The molecule has 0 aromatic carbocycles. The van der Waals surface area contributed by atoms with Gasteiger partial charge in [-0.05, 0) is 25.0 Å². The molecule has 0 amide bonds. The fraction of sp³-hybridized carbons (Fsp3) is 0.529. The Hall–Kier alpha value is -2.82. The number of nitrogens with one attached hydrogen (secondary N) is 1. The molecule has 0 unspecified atom stereocenters. The van der Waals surface area contributed by atoms with Crippen molar-refractivity contribution in [3.8, 4) is 18.2 Å². The van der Waals surface area contributed by atoms with E-state index < -0.39 is 28.6 Å². The van der Waals surface area contributed by atoms with Gasteiger partial charge in [0.2, 0.25) is 11.7 Å². The molecule has 120 valence electrons. The van der Waals surface area contributed by atoms with E-state index in [0.29, 0.717) is 18.6 Å². The SMILES string of the molecule is N#CC1(C#N)[C@@H]2CCCC[C@@]23OC(=N)[C@@]1(C#N)[C@@H](c1ccco1)O3. The Kier molecular flexibility index (Phi) is 2.83. The Morgan fingerprint density at radius 1 is 1.17 bits per heavy atom. The van der Waals surface area contributed by atoms with Gasteiger partial charge in [0, 0.05) is 6.42 Å². The van der Waals surface area contributed by atoms with Crippen LogP contribution in [0.1, 0.15) is 37.5 Å². The van der Waals surface area contributed by atoms with Crippen molar-refractivity contribution in [2.24, 2.45) is 16.7 Å². The predicted molar refractivity (Wildman–Crippen MR) is 77.7 cm³/mol. The monoisotopic (exact) mass is 322 g/mol. The lowest BCUT2D eigenvalue weighted by molar-refractivity contribution is -0.363. The van der Waals surface area contributed by atoms with E-state index in [4.69, 9.17) is 19.3 Å². The minimum atomic E-state index is -1.85. The van der Waals surface area contributed by atoms with Gasteiger partial charge in [-0.3, -0.25) is 5.41 Å². The summed E-state index contributed by atoms with van der Waals surface area (Å²) in [5.74, 6) is -1.85. The molecular formula is C17H14N4O3. The van der Waals surface area contributed by atoms with Gasteiger partial charge in [-0.15, -0.1) is 0 Å². The van der Waals surface area contributed by atoms with Crippen molar-refractivity contribution in [3.05, 3.63) is 24.2 Å². The van der Waals surface area contributed by atoms with Crippen molar-refractivity contribution in [2.75, 3.05) is 0 Å².